The van der Waals surface area contributed by atoms with E-state index >= 15 is 0 Å². The van der Waals surface area contributed by atoms with Gasteiger partial charge >= 0.3 is 0 Å². The van der Waals surface area contributed by atoms with Crippen molar-refractivity contribution < 1.29 is 4.74 Å². The lowest BCUT2D eigenvalue weighted by Crippen LogP contribution is -1.99. The number of rotatable bonds is 4. The minimum atomic E-state index is 0.345. The van der Waals surface area contributed by atoms with Gasteiger partial charge in [-0.1, -0.05) is 12.1 Å². The number of aromatic nitrogens is 4. The fourth-order valence-electron chi connectivity index (χ4n) is 1.79. The first-order valence-electron chi connectivity index (χ1n) is 6.09. The van der Waals surface area contributed by atoms with Gasteiger partial charge in [0.2, 0.25) is 0 Å². The third-order valence-electron chi connectivity index (χ3n) is 2.79. The number of nitrogens with two attached hydrogens (primary N) is 1. The summed E-state index contributed by atoms with van der Waals surface area (Å²) < 4.78 is 7.54. The van der Waals surface area contributed by atoms with Gasteiger partial charge in [-0.05, 0) is 17.7 Å². The van der Waals surface area contributed by atoms with Crippen molar-refractivity contribution in [1.82, 2.24) is 19.7 Å². The molecule has 0 saturated carbocycles. The second-order valence-electron chi connectivity index (χ2n) is 4.24. The van der Waals surface area contributed by atoms with Gasteiger partial charge in [-0.3, -0.25) is 0 Å². The Morgan fingerprint density at radius 2 is 2.05 bits per heavy atom. The molecule has 20 heavy (non-hydrogen) atoms. The van der Waals surface area contributed by atoms with Crippen molar-refractivity contribution in [1.29, 1.82) is 0 Å². The minimum Gasteiger partial charge on any atom is -0.487 e. The van der Waals surface area contributed by atoms with Gasteiger partial charge < -0.3 is 15.0 Å². The maximum Gasteiger partial charge on any atom is 0.149 e. The number of ether oxygens (including phenoxy) is 1. The third kappa shape index (κ3) is 2.74. The van der Waals surface area contributed by atoms with Crippen molar-refractivity contribution in [2.24, 2.45) is 0 Å². The molecular weight excluding hydrogens is 254 g/mol. The van der Waals surface area contributed by atoms with E-state index in [0.29, 0.717) is 18.2 Å². The molecule has 0 amide bonds. The summed E-state index contributed by atoms with van der Waals surface area (Å²) in [4.78, 5) is 4.02. The summed E-state index contributed by atoms with van der Waals surface area (Å²) in [6.45, 7) is 0.454. The van der Waals surface area contributed by atoms with Crippen molar-refractivity contribution in [2.45, 2.75) is 6.61 Å². The van der Waals surface area contributed by atoms with E-state index in [1.165, 1.54) is 6.20 Å². The molecule has 6 heteroatoms. The Bertz CT molecular complexity index is 679. The third-order valence-corrected chi connectivity index (χ3v) is 2.79. The lowest BCUT2D eigenvalue weighted by atomic mass is 10.2. The topological polar surface area (TPSA) is 78.9 Å². The molecule has 6 nitrogen and oxygen atoms in total. The quantitative estimate of drug-likeness (QED) is 0.780. The molecule has 0 aliphatic heterocycles. The van der Waals surface area contributed by atoms with E-state index in [1.54, 1.807) is 18.6 Å². The normalized spacial score (nSPS) is 10.4. The molecule has 2 heterocycles. The van der Waals surface area contributed by atoms with Gasteiger partial charge in [0.15, 0.2) is 0 Å². The molecule has 0 fully saturated rings. The molecule has 2 aromatic heterocycles. The van der Waals surface area contributed by atoms with Crippen LogP contribution in [0.25, 0.3) is 5.69 Å². The largest absolute Gasteiger partial charge is 0.487 e. The lowest BCUT2D eigenvalue weighted by molar-refractivity contribution is 0.304. The highest BCUT2D eigenvalue weighted by molar-refractivity contribution is 5.35. The summed E-state index contributed by atoms with van der Waals surface area (Å²) in [5, 5.41) is 7.41. The second kappa shape index (κ2) is 5.40. The van der Waals surface area contributed by atoms with Crippen molar-refractivity contribution in [3.8, 4) is 11.4 Å². The van der Waals surface area contributed by atoms with Crippen LogP contribution in [0.4, 0.5) is 5.82 Å². The molecule has 0 saturated heterocycles. The maximum atomic E-state index is 5.60. The SMILES string of the molecule is Nc1cc(OCc2ccc(-n3ccnc3)cc2)cnn1. The Morgan fingerprint density at radius 1 is 1.20 bits per heavy atom. The summed E-state index contributed by atoms with van der Waals surface area (Å²) in [6.07, 6.45) is 6.95. The predicted octanol–water partition coefficient (Wildman–Crippen LogP) is 1.82. The van der Waals surface area contributed by atoms with E-state index < -0.39 is 0 Å². The van der Waals surface area contributed by atoms with Gasteiger partial charge in [0.1, 0.15) is 18.2 Å². The Kier molecular flexibility index (Phi) is 3.28. The van der Waals surface area contributed by atoms with Gasteiger partial charge in [0.05, 0.1) is 12.5 Å². The zero-order chi connectivity index (χ0) is 13.8. The van der Waals surface area contributed by atoms with E-state index in [1.807, 2.05) is 35.0 Å². The van der Waals surface area contributed by atoms with Crippen LogP contribution in [0, 0.1) is 0 Å². The van der Waals surface area contributed by atoms with Gasteiger partial charge in [-0.15, -0.1) is 5.10 Å². The van der Waals surface area contributed by atoms with Crippen LogP contribution in [0.15, 0.2) is 55.2 Å². The molecule has 0 unspecified atom stereocenters. The van der Waals surface area contributed by atoms with E-state index in [2.05, 4.69) is 15.2 Å². The monoisotopic (exact) mass is 267 g/mol. The number of nitrogens with zero attached hydrogens (tertiary/aromatic N) is 4. The van der Waals surface area contributed by atoms with Gasteiger partial charge in [0, 0.05) is 24.1 Å². The lowest BCUT2D eigenvalue weighted by Gasteiger charge is -2.07. The number of nitrogen functional groups attached to an aromatic ring is 1. The smallest absolute Gasteiger partial charge is 0.149 e. The number of hydrogen-bond acceptors (Lipinski definition) is 5. The molecule has 0 aliphatic rings. The van der Waals surface area contributed by atoms with Crippen LogP contribution in [0.2, 0.25) is 0 Å². The molecule has 100 valence electrons. The Labute approximate surface area is 115 Å². The molecule has 2 N–H and O–H groups in total. The molecular formula is C14H13N5O. The predicted molar refractivity (Wildman–Crippen MR) is 74.3 cm³/mol. The second-order valence-corrected chi connectivity index (χ2v) is 4.24. The molecule has 0 radical (unpaired) electrons. The van der Waals surface area contributed by atoms with Gasteiger partial charge in [-0.2, -0.15) is 5.10 Å². The molecule has 0 aliphatic carbocycles. The molecule has 0 atom stereocenters. The van der Waals surface area contributed by atoms with Crippen molar-refractivity contribution in [3.05, 3.63) is 60.8 Å². The molecule has 3 aromatic rings. The van der Waals surface area contributed by atoms with Crippen LogP contribution in [0.3, 0.4) is 0 Å². The standard InChI is InChI=1S/C14H13N5O/c15-14-7-13(8-17-18-14)20-9-11-1-3-12(4-2-11)19-6-5-16-10-19/h1-8,10H,9H2,(H2,15,18). The highest BCUT2D eigenvalue weighted by atomic mass is 16.5. The van der Waals surface area contributed by atoms with Gasteiger partial charge in [-0.25, -0.2) is 4.98 Å². The highest BCUT2D eigenvalue weighted by Crippen LogP contribution is 2.14. The first kappa shape index (κ1) is 12.2. The Balaban J connectivity index is 1.67. The summed E-state index contributed by atoms with van der Waals surface area (Å²) in [6, 6.07) is 9.69. The Morgan fingerprint density at radius 3 is 2.75 bits per heavy atom. The van der Waals surface area contributed by atoms with Gasteiger partial charge in [0.25, 0.3) is 0 Å². The van der Waals surface area contributed by atoms with Crippen molar-refractivity contribution in [3.63, 3.8) is 0 Å². The fraction of sp³-hybridized carbons (Fsp3) is 0.0714. The number of imidazole rings is 1. The number of hydrogen-bond donors (Lipinski definition) is 1. The zero-order valence-corrected chi connectivity index (χ0v) is 10.7. The van der Waals surface area contributed by atoms with Crippen molar-refractivity contribution >= 4 is 5.82 Å². The van der Waals surface area contributed by atoms with Crippen LogP contribution >= 0.6 is 0 Å². The highest BCUT2D eigenvalue weighted by Gasteiger charge is 1.99. The molecule has 3 rings (SSSR count). The molecule has 0 bridgehead atoms. The average Bonchev–Trinajstić information content (AvgIpc) is 3.00. The number of anilines is 1. The minimum absolute atomic E-state index is 0.345. The van der Waals surface area contributed by atoms with E-state index in [4.69, 9.17) is 10.5 Å². The first-order chi connectivity index (χ1) is 9.81. The summed E-state index contributed by atoms with van der Waals surface area (Å²) in [5.74, 6) is 0.953. The molecule has 1 aromatic carbocycles. The van der Waals surface area contributed by atoms with Crippen LogP contribution < -0.4 is 10.5 Å². The zero-order valence-electron chi connectivity index (χ0n) is 10.7. The van der Waals surface area contributed by atoms with Crippen LogP contribution in [-0.2, 0) is 6.61 Å². The molecule has 0 spiro atoms. The van der Waals surface area contributed by atoms with Crippen molar-refractivity contribution in [2.75, 3.05) is 5.73 Å². The first-order valence-corrected chi connectivity index (χ1v) is 6.09. The fourth-order valence-corrected chi connectivity index (χ4v) is 1.79. The van der Waals surface area contributed by atoms with E-state index in [-0.39, 0.29) is 0 Å². The van der Waals surface area contributed by atoms with Crippen LogP contribution in [0.1, 0.15) is 5.56 Å². The number of benzene rings is 1. The average molecular weight is 267 g/mol. The van der Waals surface area contributed by atoms with E-state index in [9.17, 15) is 0 Å². The summed E-state index contributed by atoms with van der Waals surface area (Å²) in [5.41, 5.74) is 7.66. The maximum absolute atomic E-state index is 5.60. The van der Waals surface area contributed by atoms with E-state index in [0.717, 1.165) is 11.3 Å². The van der Waals surface area contributed by atoms with Crippen LogP contribution in [-0.4, -0.2) is 19.7 Å². The summed E-state index contributed by atoms with van der Waals surface area (Å²) >= 11 is 0. The van der Waals surface area contributed by atoms with Crippen LogP contribution in [0.5, 0.6) is 5.75 Å². The Hall–Kier alpha value is -2.89. The summed E-state index contributed by atoms with van der Waals surface area (Å²) in [7, 11) is 0.